The number of imidazole rings is 1. The van der Waals surface area contributed by atoms with E-state index in [2.05, 4.69) is 38.9 Å². The number of phosphoric acid groups is 3. The third kappa shape index (κ3) is 9.00. The predicted molar refractivity (Wildman–Crippen MR) is 154 cm³/mol. The van der Waals surface area contributed by atoms with Crippen molar-refractivity contribution >= 4 is 40.6 Å². The number of aryl methyl sites for hydroxylation is 1. The molecule has 25 heteroatoms. The quantitative estimate of drug-likeness (QED) is 0.0557. The first kappa shape index (κ1) is 37.4. The van der Waals surface area contributed by atoms with Gasteiger partial charge in [-0.15, -0.1) is 6.42 Å². The number of aliphatic hydroxyl groups is 4. The van der Waals surface area contributed by atoms with E-state index in [4.69, 9.17) is 15.9 Å². The van der Waals surface area contributed by atoms with Gasteiger partial charge in [-0.05, 0) is 13.0 Å². The van der Waals surface area contributed by atoms with Crippen molar-refractivity contribution in [2.45, 2.75) is 55.9 Å². The summed E-state index contributed by atoms with van der Waals surface area (Å²) in [6, 6.07) is 0. The Morgan fingerprint density at radius 1 is 1.02 bits per heavy atom. The zero-order chi connectivity index (χ0) is 34.9. The molecule has 2 aromatic heterocycles. The molecule has 9 N–H and O–H groups in total. The molecule has 2 aliphatic rings. The number of anilines is 1. The summed E-state index contributed by atoms with van der Waals surface area (Å²) in [6.07, 6.45) is -2.08. The maximum Gasteiger partial charge on any atom is 0.490 e. The summed E-state index contributed by atoms with van der Waals surface area (Å²) in [5, 5.41) is 43.6. The van der Waals surface area contributed by atoms with E-state index < -0.39 is 91.2 Å². The Morgan fingerprint density at radius 3 is 2.15 bits per heavy atom. The van der Waals surface area contributed by atoms with Crippen LogP contribution in [0.2, 0.25) is 0 Å². The predicted octanol–water partition coefficient (Wildman–Crippen LogP) is -2.35. The molecule has 0 amide bonds. The molecular weight excluding hydrogens is 699 g/mol. The highest BCUT2D eigenvalue weighted by Gasteiger charge is 2.49. The zero-order valence-electron chi connectivity index (χ0n) is 24.4. The number of aromatic nitrogens is 4. The number of H-pyrrole nitrogens is 1. The third-order valence-electron chi connectivity index (χ3n) is 6.80. The molecule has 0 saturated carbocycles. The lowest BCUT2D eigenvalue weighted by Gasteiger charge is -2.21. The number of aliphatic hydroxyl groups excluding tert-OH is 4. The van der Waals surface area contributed by atoms with Crippen LogP contribution < -0.4 is 15.4 Å². The number of terminal acetylenes is 1. The topological polar surface area (TPSA) is 315 Å². The van der Waals surface area contributed by atoms with E-state index in [0.717, 1.165) is 0 Å². The lowest BCUT2D eigenvalue weighted by molar-refractivity contribution is -0.745. The van der Waals surface area contributed by atoms with Crippen molar-refractivity contribution in [3.8, 4) is 12.3 Å². The van der Waals surface area contributed by atoms with Crippen molar-refractivity contribution in [3.05, 3.63) is 28.8 Å². The summed E-state index contributed by atoms with van der Waals surface area (Å²) in [7, 11) is -15.5. The van der Waals surface area contributed by atoms with Gasteiger partial charge in [0.25, 0.3) is 11.5 Å². The van der Waals surface area contributed by atoms with Gasteiger partial charge in [0.2, 0.25) is 11.7 Å². The van der Waals surface area contributed by atoms with Crippen molar-refractivity contribution in [2.75, 3.05) is 25.1 Å². The third-order valence-corrected chi connectivity index (χ3v) is 11.1. The minimum Gasteiger partial charge on any atom is -0.388 e. The Kier molecular flexibility index (Phi) is 11.6. The van der Waals surface area contributed by atoms with Gasteiger partial charge >= 0.3 is 29.1 Å². The fraction of sp³-hybridized carbons (Fsp3) is 0.591. The molecule has 2 fully saturated rings. The molecule has 0 aromatic carbocycles. The molecule has 0 radical (unpaired) electrons. The number of fused-ring (bicyclic) bond motifs is 1. The number of ether oxygens (including phenoxy) is 2. The Hall–Kier alpha value is -2.38. The van der Waals surface area contributed by atoms with Crippen LogP contribution in [0.4, 0.5) is 5.95 Å². The van der Waals surface area contributed by atoms with E-state index in [-0.39, 0.29) is 23.7 Å². The van der Waals surface area contributed by atoms with E-state index in [1.54, 1.807) is 6.08 Å². The van der Waals surface area contributed by atoms with E-state index >= 15 is 0 Å². The number of nitrogens with one attached hydrogen (secondary N) is 2. The highest BCUT2D eigenvalue weighted by atomic mass is 31.3. The first-order valence-corrected chi connectivity index (χ1v) is 17.9. The molecule has 0 bridgehead atoms. The van der Waals surface area contributed by atoms with Crippen LogP contribution in [0.15, 0.2) is 23.3 Å². The number of rotatable bonds is 14. The Bertz CT molecular complexity index is 1730. The van der Waals surface area contributed by atoms with Crippen LogP contribution in [0.1, 0.15) is 13.2 Å². The van der Waals surface area contributed by atoms with Crippen LogP contribution in [0.3, 0.4) is 0 Å². The Labute approximate surface area is 265 Å². The summed E-state index contributed by atoms with van der Waals surface area (Å²) >= 11 is 0. The molecular formula is C22H33N5O17P3+. The van der Waals surface area contributed by atoms with E-state index in [0.29, 0.717) is 0 Å². The van der Waals surface area contributed by atoms with Crippen LogP contribution in [-0.4, -0.2) is 112 Å². The normalized spacial score (nSPS) is 31.8. The SMILES string of the molecule is C#CC=CCNc1nc2c(c(=O)[nH]1)n(C)c[n+]2[C@@H]1O[C@H](COP(=O)(O)OP(=O)(O)OP(=O)(O)OC[C@H]2O[C@@H](C)C(O)[C@H]2O)[C@H](O)C1O. The Balaban J connectivity index is 1.39. The standard InChI is InChI=1S/C22H32N5O17P3/c1-4-5-6-7-23-22-24-19-14(20(32)25-22)26(3)10-27(19)21-18(31)17(30)13(42-21)9-40-46(35,36)44-47(37,38)43-45(33,34)39-8-12-16(29)15(28)11(2)41-12/h1,5-6,10-13,15-18,21,28-31H,7-9H2,2-3H3,(H4-,23,24,25,32,33,34,35,36,37,38)/p+1/t11-,12+,13+,15?,16-,17-,18?,21+/m0/s1. The zero-order valence-corrected chi connectivity index (χ0v) is 27.1. The number of phosphoric ester groups is 2. The van der Waals surface area contributed by atoms with Gasteiger partial charge in [-0.25, -0.2) is 18.3 Å². The van der Waals surface area contributed by atoms with Crippen LogP contribution in [0.5, 0.6) is 0 Å². The number of aromatic amines is 1. The van der Waals surface area contributed by atoms with Crippen LogP contribution in [0.25, 0.3) is 11.2 Å². The molecule has 5 unspecified atom stereocenters. The lowest BCUT2D eigenvalue weighted by Crippen LogP contribution is -2.46. The number of nitrogens with zero attached hydrogens (tertiary/aromatic N) is 3. The summed E-state index contributed by atoms with van der Waals surface area (Å²) < 4.78 is 67.1. The van der Waals surface area contributed by atoms with Gasteiger partial charge in [-0.2, -0.15) is 8.62 Å². The molecule has 0 spiro atoms. The van der Waals surface area contributed by atoms with Crippen molar-refractivity contribution in [1.29, 1.82) is 0 Å². The molecule has 4 rings (SSSR count). The van der Waals surface area contributed by atoms with E-state index in [1.165, 1.54) is 35.5 Å². The highest BCUT2D eigenvalue weighted by molar-refractivity contribution is 7.66. The van der Waals surface area contributed by atoms with Gasteiger partial charge in [0, 0.05) is 6.54 Å². The van der Waals surface area contributed by atoms with Crippen LogP contribution in [0, 0.1) is 12.3 Å². The maximum atomic E-state index is 12.7. The Morgan fingerprint density at radius 2 is 1.60 bits per heavy atom. The summed E-state index contributed by atoms with van der Waals surface area (Å²) in [4.78, 5) is 49.1. The smallest absolute Gasteiger partial charge is 0.388 e. The van der Waals surface area contributed by atoms with Gasteiger partial charge in [-0.1, -0.05) is 17.0 Å². The first-order valence-electron chi connectivity index (χ1n) is 13.4. The highest BCUT2D eigenvalue weighted by Crippen LogP contribution is 2.67. The van der Waals surface area contributed by atoms with Crippen LogP contribution in [-0.2, 0) is 47.9 Å². The number of hydrogen-bond donors (Lipinski definition) is 9. The molecule has 11 atom stereocenters. The molecule has 0 aliphatic carbocycles. The van der Waals surface area contributed by atoms with Gasteiger partial charge in [0.05, 0.1) is 26.4 Å². The summed E-state index contributed by atoms with van der Waals surface area (Å²) in [5.41, 5.74) is -0.518. The van der Waals surface area contributed by atoms with E-state index in [1.807, 2.05) is 0 Å². The molecule has 4 heterocycles. The lowest BCUT2D eigenvalue weighted by atomic mass is 10.1. The average molecular weight is 732 g/mol. The molecule has 2 aromatic rings. The summed E-state index contributed by atoms with van der Waals surface area (Å²) in [5.74, 6) is 2.33. The molecule has 2 aliphatic heterocycles. The fourth-order valence-electron chi connectivity index (χ4n) is 4.63. The minimum atomic E-state index is -5.88. The van der Waals surface area contributed by atoms with E-state index in [9.17, 15) is 53.6 Å². The van der Waals surface area contributed by atoms with Gasteiger partial charge in [0.15, 0.2) is 6.33 Å². The van der Waals surface area contributed by atoms with Gasteiger partial charge in [0.1, 0.15) is 36.6 Å². The molecule has 262 valence electrons. The fourth-order valence-corrected chi connectivity index (χ4v) is 8.15. The van der Waals surface area contributed by atoms with Crippen molar-refractivity contribution in [2.24, 2.45) is 7.05 Å². The largest absolute Gasteiger partial charge is 0.490 e. The average Bonchev–Trinajstić information content (AvgIpc) is 3.53. The second-order valence-electron chi connectivity index (χ2n) is 10.2. The summed E-state index contributed by atoms with van der Waals surface area (Å²) in [6.45, 7) is -0.341. The number of hydrogen-bond acceptors (Lipinski definition) is 16. The first-order chi connectivity index (χ1) is 21.8. The van der Waals surface area contributed by atoms with Crippen molar-refractivity contribution in [1.82, 2.24) is 14.5 Å². The molecule has 22 nitrogen and oxygen atoms in total. The van der Waals surface area contributed by atoms with Crippen molar-refractivity contribution in [3.63, 3.8) is 0 Å². The van der Waals surface area contributed by atoms with Crippen molar-refractivity contribution < 1.29 is 80.5 Å². The second kappa shape index (κ2) is 14.6. The minimum absolute atomic E-state index is 0.00220. The number of allylic oxidation sites excluding steroid dienone is 1. The second-order valence-corrected chi connectivity index (χ2v) is 14.9. The molecule has 47 heavy (non-hydrogen) atoms. The maximum absolute atomic E-state index is 12.7. The monoisotopic (exact) mass is 732 g/mol. The van der Waals surface area contributed by atoms with Gasteiger partial charge in [-0.3, -0.25) is 23.4 Å². The van der Waals surface area contributed by atoms with Crippen LogP contribution >= 0.6 is 23.5 Å². The van der Waals surface area contributed by atoms with Gasteiger partial charge < -0.3 is 49.9 Å². The molecule has 2 saturated heterocycles.